The number of allylic oxidation sites excluding steroid dienone is 1. The molecule has 1 saturated heterocycles. The van der Waals surface area contributed by atoms with Crippen molar-refractivity contribution in [1.29, 1.82) is 0 Å². The highest BCUT2D eigenvalue weighted by atomic mass is 19.2. The van der Waals surface area contributed by atoms with E-state index in [-0.39, 0.29) is 36.9 Å². The molecule has 1 aliphatic rings. The predicted octanol–water partition coefficient (Wildman–Crippen LogP) is 8.28. The van der Waals surface area contributed by atoms with Crippen LogP contribution in [0.4, 0.5) is 22.0 Å². The summed E-state index contributed by atoms with van der Waals surface area (Å²) in [6.07, 6.45) is 5.88. The molecule has 0 saturated carbocycles. The largest absolute Gasteiger partial charge is 0.491 e. The van der Waals surface area contributed by atoms with Gasteiger partial charge in [0.05, 0.1) is 19.3 Å². The summed E-state index contributed by atoms with van der Waals surface area (Å²) < 4.78 is 84.2. The third kappa shape index (κ3) is 5.87. The van der Waals surface area contributed by atoms with E-state index in [1.165, 1.54) is 24.3 Å². The van der Waals surface area contributed by atoms with Crippen LogP contribution in [0.25, 0.3) is 11.1 Å². The third-order valence-corrected chi connectivity index (χ3v) is 6.69. The average molecular weight is 517 g/mol. The molecule has 0 N–H and O–H groups in total. The van der Waals surface area contributed by atoms with Crippen molar-refractivity contribution in [2.75, 3.05) is 13.2 Å². The molecule has 0 amide bonds. The van der Waals surface area contributed by atoms with Gasteiger partial charge in [0, 0.05) is 17.0 Å². The van der Waals surface area contributed by atoms with Gasteiger partial charge >= 0.3 is 0 Å². The van der Waals surface area contributed by atoms with Gasteiger partial charge in [0.25, 0.3) is 0 Å². The van der Waals surface area contributed by atoms with Gasteiger partial charge in [-0.2, -0.15) is 4.39 Å². The topological polar surface area (TPSA) is 18.5 Å². The number of benzene rings is 3. The standard InChI is InChI=1S/C30H29F5O2/c1-3-5-18-6-14-25(37-17-18)21-10-8-19(24(31)16-21)7-9-20-11-12-22(28(33)27(20)32)23-13-15-26(36-4-2)30(35)29(23)34/h3,5,8,10-13,15-16,18,25H,4,6-7,9,14,17H2,1-2H3/b5-3+. The first-order valence-electron chi connectivity index (χ1n) is 12.4. The molecule has 1 heterocycles. The quantitative estimate of drug-likeness (QED) is 0.222. The van der Waals surface area contributed by atoms with Crippen molar-refractivity contribution < 1.29 is 31.4 Å². The normalized spacial score (nSPS) is 17.9. The molecule has 2 atom stereocenters. The molecule has 7 heteroatoms. The lowest BCUT2D eigenvalue weighted by molar-refractivity contribution is -0.00541. The smallest absolute Gasteiger partial charge is 0.201 e. The second kappa shape index (κ2) is 11.9. The van der Waals surface area contributed by atoms with Gasteiger partial charge in [0.1, 0.15) is 5.82 Å². The van der Waals surface area contributed by atoms with Gasteiger partial charge in [-0.3, -0.25) is 0 Å². The number of hydrogen-bond acceptors (Lipinski definition) is 2. The maximum atomic E-state index is 14.9. The Morgan fingerprint density at radius 1 is 0.838 bits per heavy atom. The van der Waals surface area contributed by atoms with E-state index in [0.29, 0.717) is 18.1 Å². The highest BCUT2D eigenvalue weighted by Gasteiger charge is 2.23. The zero-order valence-corrected chi connectivity index (χ0v) is 20.8. The van der Waals surface area contributed by atoms with Gasteiger partial charge in [0.15, 0.2) is 23.2 Å². The highest BCUT2D eigenvalue weighted by molar-refractivity contribution is 5.66. The zero-order valence-electron chi connectivity index (χ0n) is 20.8. The van der Waals surface area contributed by atoms with Crippen LogP contribution in [-0.4, -0.2) is 13.2 Å². The van der Waals surface area contributed by atoms with E-state index in [2.05, 4.69) is 6.08 Å². The summed E-state index contributed by atoms with van der Waals surface area (Å²) in [6.45, 7) is 4.30. The van der Waals surface area contributed by atoms with Crippen molar-refractivity contribution in [2.24, 2.45) is 5.92 Å². The minimum absolute atomic E-state index is 0.0159. The van der Waals surface area contributed by atoms with Crippen LogP contribution < -0.4 is 4.74 Å². The van der Waals surface area contributed by atoms with Gasteiger partial charge in [-0.15, -0.1) is 0 Å². The maximum absolute atomic E-state index is 14.9. The summed E-state index contributed by atoms with van der Waals surface area (Å²) in [5.74, 6) is -5.41. The highest BCUT2D eigenvalue weighted by Crippen LogP contribution is 2.34. The predicted molar refractivity (Wildman–Crippen MR) is 133 cm³/mol. The first kappa shape index (κ1) is 26.9. The van der Waals surface area contributed by atoms with E-state index in [4.69, 9.17) is 9.47 Å². The number of halogens is 5. The molecule has 4 rings (SSSR count). The molecule has 1 aliphatic heterocycles. The molecule has 3 aromatic rings. The van der Waals surface area contributed by atoms with E-state index in [9.17, 15) is 22.0 Å². The van der Waals surface area contributed by atoms with Gasteiger partial charge in [-0.1, -0.05) is 36.4 Å². The number of hydrogen-bond donors (Lipinski definition) is 0. The van der Waals surface area contributed by atoms with Gasteiger partial charge in [-0.05, 0) is 74.4 Å². The van der Waals surface area contributed by atoms with Crippen molar-refractivity contribution in [2.45, 2.75) is 45.6 Å². The maximum Gasteiger partial charge on any atom is 0.201 e. The lowest BCUT2D eigenvalue weighted by atomic mass is 9.93. The Kier molecular flexibility index (Phi) is 8.64. The molecular weight excluding hydrogens is 487 g/mol. The van der Waals surface area contributed by atoms with E-state index in [1.807, 2.05) is 19.1 Å². The molecule has 0 aromatic heterocycles. The Morgan fingerprint density at radius 3 is 2.16 bits per heavy atom. The van der Waals surface area contributed by atoms with Crippen molar-refractivity contribution >= 4 is 0 Å². The fourth-order valence-electron chi connectivity index (χ4n) is 4.69. The minimum Gasteiger partial charge on any atom is -0.491 e. The van der Waals surface area contributed by atoms with Crippen LogP contribution in [0, 0.1) is 35.0 Å². The second-order valence-corrected chi connectivity index (χ2v) is 9.11. The van der Waals surface area contributed by atoms with E-state index in [1.54, 1.807) is 13.0 Å². The Bertz CT molecular complexity index is 1280. The molecule has 0 aliphatic carbocycles. The summed E-state index contributed by atoms with van der Waals surface area (Å²) in [5.41, 5.74) is 0.330. The third-order valence-electron chi connectivity index (χ3n) is 6.69. The average Bonchev–Trinajstić information content (AvgIpc) is 2.90. The van der Waals surface area contributed by atoms with Crippen molar-refractivity contribution in [1.82, 2.24) is 0 Å². The van der Waals surface area contributed by atoms with E-state index >= 15 is 0 Å². The Labute approximate surface area is 213 Å². The first-order valence-corrected chi connectivity index (χ1v) is 12.4. The summed E-state index contributed by atoms with van der Waals surface area (Å²) >= 11 is 0. The molecule has 1 fully saturated rings. The fourth-order valence-corrected chi connectivity index (χ4v) is 4.69. The van der Waals surface area contributed by atoms with Crippen molar-refractivity contribution in [3.8, 4) is 16.9 Å². The fraction of sp³-hybridized carbons (Fsp3) is 0.333. The van der Waals surface area contributed by atoms with Gasteiger partial charge in [0.2, 0.25) is 5.82 Å². The van der Waals surface area contributed by atoms with Crippen LogP contribution in [0.2, 0.25) is 0 Å². The Morgan fingerprint density at radius 2 is 1.51 bits per heavy atom. The number of aryl methyl sites for hydroxylation is 2. The summed E-state index contributed by atoms with van der Waals surface area (Å²) in [5, 5.41) is 0. The van der Waals surface area contributed by atoms with E-state index < -0.39 is 40.2 Å². The van der Waals surface area contributed by atoms with Crippen LogP contribution in [0.15, 0.2) is 54.6 Å². The van der Waals surface area contributed by atoms with Crippen LogP contribution >= 0.6 is 0 Å². The molecule has 37 heavy (non-hydrogen) atoms. The van der Waals surface area contributed by atoms with Gasteiger partial charge in [-0.25, -0.2) is 17.6 Å². The SMILES string of the molecule is C/C=C/C1CCC(c2ccc(CCc3ccc(-c4ccc(OCC)c(F)c4F)c(F)c3F)c(F)c2)OC1. The molecule has 0 spiro atoms. The Balaban J connectivity index is 1.46. The molecule has 196 valence electrons. The minimum atomic E-state index is -1.32. The number of rotatable bonds is 8. The van der Waals surface area contributed by atoms with Crippen LogP contribution in [-0.2, 0) is 17.6 Å². The summed E-state index contributed by atoms with van der Waals surface area (Å²) in [6, 6.07) is 9.73. The molecule has 2 unspecified atom stereocenters. The van der Waals surface area contributed by atoms with Crippen LogP contribution in [0.1, 0.15) is 49.5 Å². The summed E-state index contributed by atoms with van der Waals surface area (Å²) in [4.78, 5) is 0. The molecule has 3 aromatic carbocycles. The molecule has 2 nitrogen and oxygen atoms in total. The molecule has 0 radical (unpaired) electrons. The van der Waals surface area contributed by atoms with Gasteiger partial charge < -0.3 is 9.47 Å². The second-order valence-electron chi connectivity index (χ2n) is 9.11. The number of ether oxygens (including phenoxy) is 2. The van der Waals surface area contributed by atoms with Crippen molar-refractivity contribution in [3.05, 3.63) is 100 Å². The Hall–Kier alpha value is -3.19. The zero-order chi connectivity index (χ0) is 26.5. The van der Waals surface area contributed by atoms with Crippen molar-refractivity contribution in [3.63, 3.8) is 0 Å². The monoisotopic (exact) mass is 516 g/mol. The molecular formula is C30H29F5O2. The van der Waals surface area contributed by atoms with E-state index in [0.717, 1.165) is 24.5 Å². The summed E-state index contributed by atoms with van der Waals surface area (Å²) in [7, 11) is 0. The molecule has 0 bridgehead atoms. The first-order chi connectivity index (χ1) is 17.8. The van der Waals surface area contributed by atoms with Crippen LogP contribution in [0.3, 0.4) is 0 Å². The lowest BCUT2D eigenvalue weighted by Gasteiger charge is -2.28. The van der Waals surface area contributed by atoms with Crippen LogP contribution in [0.5, 0.6) is 5.75 Å². The lowest BCUT2D eigenvalue weighted by Crippen LogP contribution is -2.19.